The van der Waals surface area contributed by atoms with E-state index in [0.717, 1.165) is 23.1 Å². The van der Waals surface area contributed by atoms with E-state index in [1.807, 2.05) is 37.3 Å². The van der Waals surface area contributed by atoms with Crippen molar-refractivity contribution in [2.24, 2.45) is 5.73 Å². The van der Waals surface area contributed by atoms with Crippen molar-refractivity contribution in [3.05, 3.63) is 53.6 Å². The smallest absolute Gasteiger partial charge is 0.123 e. The van der Waals surface area contributed by atoms with Gasteiger partial charge >= 0.3 is 0 Å². The van der Waals surface area contributed by atoms with Crippen LogP contribution in [-0.4, -0.2) is 11.7 Å². The van der Waals surface area contributed by atoms with Crippen molar-refractivity contribution in [3.8, 4) is 16.9 Å². The number of aromatic hydroxyl groups is 1. The van der Waals surface area contributed by atoms with Crippen molar-refractivity contribution >= 4 is 12.4 Å². The molecule has 0 atom stereocenters. The van der Waals surface area contributed by atoms with Gasteiger partial charge < -0.3 is 10.8 Å². The van der Waals surface area contributed by atoms with Gasteiger partial charge in [-0.15, -0.1) is 12.4 Å². The van der Waals surface area contributed by atoms with Crippen LogP contribution in [0.5, 0.6) is 5.75 Å². The van der Waals surface area contributed by atoms with Crippen LogP contribution >= 0.6 is 12.4 Å². The van der Waals surface area contributed by atoms with Crippen LogP contribution in [0, 0.1) is 6.92 Å². The Morgan fingerprint density at radius 1 is 1.11 bits per heavy atom. The number of phenolic OH excluding ortho intramolecular Hbond substituents is 1. The van der Waals surface area contributed by atoms with Gasteiger partial charge in [0.25, 0.3) is 0 Å². The largest absolute Gasteiger partial charge is 0.507 e. The van der Waals surface area contributed by atoms with Gasteiger partial charge in [-0.2, -0.15) is 0 Å². The summed E-state index contributed by atoms with van der Waals surface area (Å²) in [5.74, 6) is 0.316. The van der Waals surface area contributed by atoms with Gasteiger partial charge in [0.05, 0.1) is 0 Å². The molecule has 0 aliphatic heterocycles. The summed E-state index contributed by atoms with van der Waals surface area (Å²) in [5, 5.41) is 9.92. The van der Waals surface area contributed by atoms with Gasteiger partial charge in [-0.05, 0) is 43.1 Å². The van der Waals surface area contributed by atoms with E-state index in [-0.39, 0.29) is 12.4 Å². The van der Waals surface area contributed by atoms with Gasteiger partial charge in [0, 0.05) is 5.56 Å². The number of benzene rings is 2. The predicted molar refractivity (Wildman–Crippen MR) is 78.3 cm³/mol. The summed E-state index contributed by atoms with van der Waals surface area (Å²) in [4.78, 5) is 0. The molecular formula is C15H18ClNO. The number of phenols is 1. The van der Waals surface area contributed by atoms with Gasteiger partial charge in [0.2, 0.25) is 0 Å². The molecule has 0 aliphatic carbocycles. The molecular weight excluding hydrogens is 246 g/mol. The standard InChI is InChI=1S/C15H17NO.ClH/c1-11-3-2-4-13(9-11)14-10-12(7-8-16)5-6-15(14)17;/h2-6,9-10,17H,7-8,16H2,1H3;1H. The fourth-order valence-electron chi connectivity index (χ4n) is 1.95. The van der Waals surface area contributed by atoms with Crippen LogP contribution in [0.1, 0.15) is 11.1 Å². The van der Waals surface area contributed by atoms with E-state index in [4.69, 9.17) is 5.73 Å². The summed E-state index contributed by atoms with van der Waals surface area (Å²) < 4.78 is 0. The van der Waals surface area contributed by atoms with Crippen LogP contribution in [0.15, 0.2) is 42.5 Å². The molecule has 0 heterocycles. The molecule has 0 aromatic heterocycles. The number of hydrogen-bond donors (Lipinski definition) is 2. The molecule has 2 aromatic carbocycles. The summed E-state index contributed by atoms with van der Waals surface area (Å²) in [7, 11) is 0. The number of nitrogens with two attached hydrogens (primary N) is 1. The molecule has 2 aromatic rings. The van der Waals surface area contributed by atoms with Crippen LogP contribution in [0.4, 0.5) is 0 Å². The highest BCUT2D eigenvalue weighted by atomic mass is 35.5. The first-order chi connectivity index (χ1) is 8.20. The van der Waals surface area contributed by atoms with E-state index in [2.05, 4.69) is 6.07 Å². The highest BCUT2D eigenvalue weighted by Gasteiger charge is 2.05. The Morgan fingerprint density at radius 2 is 1.89 bits per heavy atom. The molecule has 2 rings (SSSR count). The van der Waals surface area contributed by atoms with Crippen molar-refractivity contribution in [1.29, 1.82) is 0 Å². The van der Waals surface area contributed by atoms with E-state index in [1.165, 1.54) is 5.56 Å². The lowest BCUT2D eigenvalue weighted by atomic mass is 9.99. The molecule has 0 saturated heterocycles. The van der Waals surface area contributed by atoms with Crippen molar-refractivity contribution in [2.75, 3.05) is 6.54 Å². The molecule has 3 N–H and O–H groups in total. The van der Waals surface area contributed by atoms with Crippen molar-refractivity contribution in [3.63, 3.8) is 0 Å². The van der Waals surface area contributed by atoms with E-state index in [9.17, 15) is 5.11 Å². The maximum Gasteiger partial charge on any atom is 0.123 e. The van der Waals surface area contributed by atoms with Crippen molar-refractivity contribution in [1.82, 2.24) is 0 Å². The number of halogens is 1. The SMILES string of the molecule is Cc1cccc(-c2cc(CCN)ccc2O)c1.Cl. The van der Waals surface area contributed by atoms with E-state index >= 15 is 0 Å². The zero-order valence-corrected chi connectivity index (χ0v) is 11.2. The summed E-state index contributed by atoms with van der Waals surface area (Å²) in [6.07, 6.45) is 0.832. The third kappa shape index (κ3) is 3.25. The molecule has 3 heteroatoms. The van der Waals surface area contributed by atoms with Gasteiger partial charge in [-0.1, -0.05) is 35.9 Å². The summed E-state index contributed by atoms with van der Waals surface area (Å²) in [6.45, 7) is 2.67. The van der Waals surface area contributed by atoms with Gasteiger partial charge in [-0.25, -0.2) is 0 Å². The average Bonchev–Trinajstić information content (AvgIpc) is 2.32. The molecule has 0 radical (unpaired) electrons. The second-order valence-electron chi connectivity index (χ2n) is 4.26. The summed E-state index contributed by atoms with van der Waals surface area (Å²) in [5.41, 5.74) is 9.81. The molecule has 0 fully saturated rings. The molecule has 2 nitrogen and oxygen atoms in total. The second kappa shape index (κ2) is 6.43. The van der Waals surface area contributed by atoms with Crippen LogP contribution < -0.4 is 5.73 Å². The minimum absolute atomic E-state index is 0. The highest BCUT2D eigenvalue weighted by Crippen LogP contribution is 2.30. The average molecular weight is 264 g/mol. The molecule has 18 heavy (non-hydrogen) atoms. The topological polar surface area (TPSA) is 46.2 Å². The zero-order chi connectivity index (χ0) is 12.3. The number of hydrogen-bond acceptors (Lipinski definition) is 2. The minimum Gasteiger partial charge on any atom is -0.507 e. The second-order valence-corrected chi connectivity index (χ2v) is 4.26. The van der Waals surface area contributed by atoms with E-state index in [0.29, 0.717) is 12.3 Å². The third-order valence-corrected chi connectivity index (χ3v) is 2.82. The lowest BCUT2D eigenvalue weighted by Crippen LogP contribution is -2.02. The van der Waals surface area contributed by atoms with Crippen LogP contribution in [0.25, 0.3) is 11.1 Å². The first-order valence-corrected chi connectivity index (χ1v) is 5.79. The molecule has 0 spiro atoms. The normalized spacial score (nSPS) is 9.89. The van der Waals surface area contributed by atoms with E-state index in [1.54, 1.807) is 6.07 Å². The minimum atomic E-state index is 0. The van der Waals surface area contributed by atoms with Gasteiger partial charge in [0.1, 0.15) is 5.75 Å². The van der Waals surface area contributed by atoms with Crippen LogP contribution in [-0.2, 0) is 6.42 Å². The Bertz CT molecular complexity index is 526. The predicted octanol–water partition coefficient (Wildman–Crippen LogP) is 3.29. The molecule has 0 amide bonds. The van der Waals surface area contributed by atoms with E-state index < -0.39 is 0 Å². The maximum atomic E-state index is 9.92. The monoisotopic (exact) mass is 263 g/mol. The Balaban J connectivity index is 0.00000162. The Morgan fingerprint density at radius 3 is 2.56 bits per heavy atom. The van der Waals surface area contributed by atoms with Gasteiger partial charge in [0.15, 0.2) is 0 Å². The molecule has 96 valence electrons. The molecule has 0 bridgehead atoms. The fraction of sp³-hybridized carbons (Fsp3) is 0.200. The zero-order valence-electron chi connectivity index (χ0n) is 10.4. The fourth-order valence-corrected chi connectivity index (χ4v) is 1.95. The first kappa shape index (κ1) is 14.6. The Labute approximate surface area is 114 Å². The number of rotatable bonds is 3. The molecule has 0 aliphatic rings. The summed E-state index contributed by atoms with van der Waals surface area (Å²) >= 11 is 0. The lowest BCUT2D eigenvalue weighted by molar-refractivity contribution is 0.477. The number of aryl methyl sites for hydroxylation is 1. The quantitative estimate of drug-likeness (QED) is 0.893. The van der Waals surface area contributed by atoms with Crippen molar-refractivity contribution in [2.45, 2.75) is 13.3 Å². The highest BCUT2D eigenvalue weighted by molar-refractivity contribution is 5.85. The maximum absolute atomic E-state index is 9.92. The summed E-state index contributed by atoms with van der Waals surface area (Å²) in [6, 6.07) is 13.8. The van der Waals surface area contributed by atoms with Crippen molar-refractivity contribution < 1.29 is 5.11 Å². The third-order valence-electron chi connectivity index (χ3n) is 2.82. The lowest BCUT2D eigenvalue weighted by Gasteiger charge is -2.08. The van der Waals surface area contributed by atoms with Crippen LogP contribution in [0.2, 0.25) is 0 Å². The molecule has 0 unspecified atom stereocenters. The van der Waals surface area contributed by atoms with Gasteiger partial charge in [-0.3, -0.25) is 0 Å². The Hall–Kier alpha value is -1.51. The van der Waals surface area contributed by atoms with Crippen LogP contribution in [0.3, 0.4) is 0 Å². The first-order valence-electron chi connectivity index (χ1n) is 5.79. The molecule has 0 saturated carbocycles. The Kier molecular flexibility index (Phi) is 5.20.